The van der Waals surface area contributed by atoms with Gasteiger partial charge in [0.2, 0.25) is 0 Å². The summed E-state index contributed by atoms with van der Waals surface area (Å²) in [6.45, 7) is 12.3. The number of hydrogen-bond donors (Lipinski definition) is 0. The van der Waals surface area contributed by atoms with E-state index in [2.05, 4.69) is 0 Å². The first kappa shape index (κ1) is 18.2. The van der Waals surface area contributed by atoms with Crippen LogP contribution in [0.5, 0.6) is 0 Å². The molecule has 0 aliphatic rings. The highest BCUT2D eigenvalue weighted by Crippen LogP contribution is 2.29. The van der Waals surface area contributed by atoms with Crippen molar-refractivity contribution in [2.24, 2.45) is 11.8 Å². The van der Waals surface area contributed by atoms with Crippen molar-refractivity contribution < 1.29 is 19.1 Å². The molecule has 0 fully saturated rings. The van der Waals surface area contributed by atoms with E-state index in [9.17, 15) is 9.59 Å². The number of hydrogen-bond acceptors (Lipinski definition) is 4. The van der Waals surface area contributed by atoms with Gasteiger partial charge in [0, 0.05) is 0 Å². The lowest BCUT2D eigenvalue weighted by atomic mass is 10.3. The summed E-state index contributed by atoms with van der Waals surface area (Å²) in [4.78, 5) is 24.8. The van der Waals surface area contributed by atoms with Gasteiger partial charge in [-0.1, -0.05) is 27.7 Å². The van der Waals surface area contributed by atoms with Gasteiger partial charge >= 0.3 is 8.07 Å². The number of carbonyl (C=O) groups excluding carboxylic acids is 2. The first-order valence-corrected chi connectivity index (χ1v) is 9.56. The fourth-order valence-corrected chi connectivity index (χ4v) is 7.06. The summed E-state index contributed by atoms with van der Waals surface area (Å²) in [5, 5.41) is 0. The van der Waals surface area contributed by atoms with Crippen LogP contribution in [-0.4, -0.2) is 32.5 Å². The quantitative estimate of drug-likeness (QED) is 0.627. The molecule has 0 saturated carbocycles. The largest absolute Gasteiger partial charge is 0.470 e. The molecule has 0 saturated heterocycles. The second-order valence-corrected chi connectivity index (χ2v) is 9.52. The number of rotatable bonds is 8. The van der Waals surface area contributed by atoms with E-state index in [0.29, 0.717) is 25.3 Å². The number of carbonyl (C=O) groups is 2. The van der Waals surface area contributed by atoms with E-state index in [-0.39, 0.29) is 23.0 Å². The maximum atomic E-state index is 12.4. The number of ether oxygens (including phenoxy) is 2. The van der Waals surface area contributed by atoms with Gasteiger partial charge < -0.3 is 9.47 Å². The second kappa shape index (κ2) is 8.35. The molecule has 0 bridgehead atoms. The normalized spacial score (nSPS) is 11.8. The van der Waals surface area contributed by atoms with Crippen LogP contribution in [0.1, 0.15) is 41.5 Å². The standard InChI is InChI=1S/C14H28O4Si/c1-7-17-13(15)19(9-11(3)4,10-12(5)6)14(16)18-8-2/h11-12H,7-10H2,1-6H3. The molecule has 0 aromatic carbocycles. The first-order valence-electron chi connectivity index (χ1n) is 7.14. The Morgan fingerprint density at radius 3 is 1.37 bits per heavy atom. The Balaban J connectivity index is 5.42. The van der Waals surface area contributed by atoms with Crippen LogP contribution >= 0.6 is 0 Å². The molecule has 112 valence electrons. The van der Waals surface area contributed by atoms with Gasteiger partial charge in [-0.15, -0.1) is 0 Å². The van der Waals surface area contributed by atoms with E-state index in [1.807, 2.05) is 27.7 Å². The lowest BCUT2D eigenvalue weighted by Gasteiger charge is -2.29. The monoisotopic (exact) mass is 288 g/mol. The Morgan fingerprint density at radius 2 is 1.16 bits per heavy atom. The third kappa shape index (κ3) is 5.34. The van der Waals surface area contributed by atoms with E-state index >= 15 is 0 Å². The van der Waals surface area contributed by atoms with Gasteiger partial charge in [-0.3, -0.25) is 9.59 Å². The van der Waals surface area contributed by atoms with Crippen LogP contribution in [0, 0.1) is 11.8 Å². The van der Waals surface area contributed by atoms with Crippen LogP contribution in [0.2, 0.25) is 12.1 Å². The van der Waals surface area contributed by atoms with Crippen molar-refractivity contribution in [2.75, 3.05) is 13.2 Å². The van der Waals surface area contributed by atoms with Crippen molar-refractivity contribution in [3.63, 3.8) is 0 Å². The van der Waals surface area contributed by atoms with Crippen molar-refractivity contribution in [1.29, 1.82) is 0 Å². The molecule has 0 atom stereocenters. The molecule has 0 unspecified atom stereocenters. The molecule has 5 heteroatoms. The molecule has 0 rings (SSSR count). The van der Waals surface area contributed by atoms with Crippen molar-refractivity contribution in [1.82, 2.24) is 0 Å². The van der Waals surface area contributed by atoms with Gasteiger partial charge in [0.1, 0.15) is 0 Å². The van der Waals surface area contributed by atoms with Gasteiger partial charge in [0.05, 0.1) is 13.2 Å². The molecule has 19 heavy (non-hydrogen) atoms. The first-order chi connectivity index (χ1) is 8.80. The predicted molar refractivity (Wildman–Crippen MR) is 79.1 cm³/mol. The van der Waals surface area contributed by atoms with Crippen LogP contribution in [0.3, 0.4) is 0 Å². The molecular formula is C14H28O4Si. The van der Waals surface area contributed by atoms with Crippen LogP contribution in [0.25, 0.3) is 0 Å². The average Bonchev–Trinajstić information content (AvgIpc) is 2.27. The predicted octanol–water partition coefficient (Wildman–Crippen LogP) is 4.22. The summed E-state index contributed by atoms with van der Waals surface area (Å²) >= 11 is 0. The minimum absolute atomic E-state index is 0.277. The van der Waals surface area contributed by atoms with Crippen LogP contribution in [-0.2, 0) is 9.47 Å². The third-order valence-electron chi connectivity index (χ3n) is 2.85. The van der Waals surface area contributed by atoms with Gasteiger partial charge in [0.15, 0.2) is 0 Å². The van der Waals surface area contributed by atoms with E-state index in [4.69, 9.17) is 9.47 Å². The Morgan fingerprint density at radius 1 is 0.842 bits per heavy atom. The Labute approximate surface area is 117 Å². The maximum absolute atomic E-state index is 12.4. The Bertz CT molecular complexity index is 270. The molecular weight excluding hydrogens is 260 g/mol. The summed E-state index contributed by atoms with van der Waals surface area (Å²) in [7, 11) is -2.89. The highest BCUT2D eigenvalue weighted by atomic mass is 28.3. The van der Waals surface area contributed by atoms with Crippen LogP contribution in [0.4, 0.5) is 9.59 Å². The van der Waals surface area contributed by atoms with Crippen molar-refractivity contribution >= 4 is 19.3 Å². The van der Waals surface area contributed by atoms with Crippen LogP contribution < -0.4 is 0 Å². The third-order valence-corrected chi connectivity index (χ3v) is 7.72. The summed E-state index contributed by atoms with van der Waals surface area (Å²) < 4.78 is 10.4. The molecule has 0 aliphatic heterocycles. The average molecular weight is 288 g/mol. The molecule has 0 aliphatic carbocycles. The minimum atomic E-state index is -2.89. The smallest absolute Gasteiger partial charge is 0.312 e. The van der Waals surface area contributed by atoms with Gasteiger partial charge in [-0.25, -0.2) is 0 Å². The fourth-order valence-electron chi connectivity index (χ4n) is 2.43. The van der Waals surface area contributed by atoms with Gasteiger partial charge in [0.25, 0.3) is 11.2 Å². The molecule has 4 nitrogen and oxygen atoms in total. The summed E-state index contributed by atoms with van der Waals surface area (Å²) in [6.07, 6.45) is 0. The zero-order chi connectivity index (χ0) is 15.1. The second-order valence-electron chi connectivity index (χ2n) is 5.72. The Kier molecular flexibility index (Phi) is 7.98. The zero-order valence-electron chi connectivity index (χ0n) is 13.1. The topological polar surface area (TPSA) is 52.6 Å². The van der Waals surface area contributed by atoms with E-state index in [1.54, 1.807) is 13.8 Å². The van der Waals surface area contributed by atoms with Crippen molar-refractivity contribution in [3.05, 3.63) is 0 Å². The van der Waals surface area contributed by atoms with Gasteiger partial charge in [-0.2, -0.15) is 0 Å². The minimum Gasteiger partial charge on any atom is -0.470 e. The van der Waals surface area contributed by atoms with Crippen molar-refractivity contribution in [3.8, 4) is 0 Å². The molecule has 0 N–H and O–H groups in total. The molecule has 0 amide bonds. The maximum Gasteiger partial charge on any atom is 0.312 e. The molecule has 0 spiro atoms. The van der Waals surface area contributed by atoms with E-state index in [1.165, 1.54) is 0 Å². The van der Waals surface area contributed by atoms with Crippen LogP contribution in [0.15, 0.2) is 0 Å². The molecule has 0 aromatic rings. The SMILES string of the molecule is CCOC(=O)[Si](CC(C)C)(CC(C)C)C(=O)OCC. The zero-order valence-corrected chi connectivity index (χ0v) is 14.1. The van der Waals surface area contributed by atoms with Gasteiger partial charge in [-0.05, 0) is 37.8 Å². The van der Waals surface area contributed by atoms with Crippen molar-refractivity contribution in [2.45, 2.75) is 53.6 Å². The molecule has 0 radical (unpaired) electrons. The molecule has 0 heterocycles. The summed E-state index contributed by atoms with van der Waals surface area (Å²) in [5.74, 6) is 0.554. The summed E-state index contributed by atoms with van der Waals surface area (Å²) in [6, 6.07) is 1.20. The lowest BCUT2D eigenvalue weighted by molar-refractivity contribution is 0.165. The van der Waals surface area contributed by atoms with E-state index in [0.717, 1.165) is 0 Å². The highest BCUT2D eigenvalue weighted by molar-refractivity contribution is 7.23. The fraction of sp³-hybridized carbons (Fsp3) is 0.857. The lowest BCUT2D eigenvalue weighted by Crippen LogP contribution is -2.54. The molecule has 0 aromatic heterocycles. The summed E-state index contributed by atoms with van der Waals surface area (Å²) in [5.41, 5.74) is -0.619. The highest BCUT2D eigenvalue weighted by Gasteiger charge is 2.53. The Hall–Kier alpha value is -0.843. The van der Waals surface area contributed by atoms with E-state index < -0.39 is 8.07 Å².